The first-order chi connectivity index (χ1) is 7.00. The van der Waals surface area contributed by atoms with Gasteiger partial charge in [0.15, 0.2) is 0 Å². The quantitative estimate of drug-likeness (QED) is 0.601. The molecule has 0 aliphatic carbocycles. The molecule has 0 bridgehead atoms. The molecule has 0 aromatic carbocycles. The van der Waals surface area contributed by atoms with E-state index in [0.717, 1.165) is 19.6 Å². The average molecular weight is 205 g/mol. The fourth-order valence-corrected chi connectivity index (χ4v) is 1.05. The normalized spacial score (nSPS) is 24.0. The zero-order valence-electron chi connectivity index (χ0n) is 8.50. The van der Waals surface area contributed by atoms with Crippen molar-refractivity contribution in [2.75, 3.05) is 52.8 Å². The largest absolute Gasteiger partial charge is 0.379 e. The van der Waals surface area contributed by atoms with E-state index in [1.807, 2.05) is 0 Å². The van der Waals surface area contributed by atoms with Gasteiger partial charge in [0.25, 0.3) is 0 Å². The predicted molar refractivity (Wildman–Crippen MR) is 51.0 cm³/mol. The molecule has 1 aliphatic rings. The lowest BCUT2D eigenvalue weighted by atomic mass is 10.5. The molecule has 5 heteroatoms. The van der Waals surface area contributed by atoms with Gasteiger partial charge in [0.05, 0.1) is 33.0 Å². The Morgan fingerprint density at radius 2 is 1.29 bits per heavy atom. The molecule has 0 unspecified atom stereocenters. The van der Waals surface area contributed by atoms with Gasteiger partial charge in [0.1, 0.15) is 0 Å². The molecule has 84 valence electrons. The zero-order chi connectivity index (χ0) is 9.90. The van der Waals surface area contributed by atoms with Gasteiger partial charge < -0.3 is 14.2 Å². The minimum Gasteiger partial charge on any atom is -0.379 e. The molecule has 5 nitrogen and oxygen atoms in total. The second-order valence-electron chi connectivity index (χ2n) is 2.93. The summed E-state index contributed by atoms with van der Waals surface area (Å²) in [6, 6.07) is 0. The van der Waals surface area contributed by atoms with Crippen molar-refractivity contribution >= 4 is 0 Å². The molecule has 0 spiro atoms. The van der Waals surface area contributed by atoms with E-state index in [-0.39, 0.29) is 0 Å². The van der Waals surface area contributed by atoms with Gasteiger partial charge in [-0.3, -0.25) is 4.84 Å². The summed E-state index contributed by atoms with van der Waals surface area (Å²) in [4.78, 5) is 5.09. The summed E-state index contributed by atoms with van der Waals surface area (Å²) in [5, 5.41) is 0. The molecule has 0 radical (unpaired) electrons. The SMILES string of the molecule is C1COCCOCCNOCCOC1. The van der Waals surface area contributed by atoms with Gasteiger partial charge in [-0.1, -0.05) is 0 Å². The Balaban J connectivity index is 2.00. The fourth-order valence-electron chi connectivity index (χ4n) is 1.05. The van der Waals surface area contributed by atoms with E-state index in [0.29, 0.717) is 39.6 Å². The molecular formula is C9H19NO4. The molecule has 1 saturated heterocycles. The highest BCUT2D eigenvalue weighted by Crippen LogP contribution is 1.87. The lowest BCUT2D eigenvalue weighted by molar-refractivity contribution is -0.0296. The van der Waals surface area contributed by atoms with Crippen molar-refractivity contribution in [1.29, 1.82) is 0 Å². The van der Waals surface area contributed by atoms with Crippen LogP contribution < -0.4 is 5.48 Å². The minimum absolute atomic E-state index is 0.570. The Morgan fingerprint density at radius 3 is 2.07 bits per heavy atom. The number of ether oxygens (including phenoxy) is 3. The molecular weight excluding hydrogens is 186 g/mol. The standard InChI is InChI=1S/C9H19NO4/c1-3-11-6-7-13-5-2-10-14-9-8-12-4-1/h10H,1-9H2. The van der Waals surface area contributed by atoms with Crippen LogP contribution in [-0.4, -0.2) is 52.8 Å². The zero-order valence-corrected chi connectivity index (χ0v) is 8.50. The van der Waals surface area contributed by atoms with Crippen LogP contribution in [-0.2, 0) is 19.0 Å². The van der Waals surface area contributed by atoms with Crippen LogP contribution in [0.3, 0.4) is 0 Å². The van der Waals surface area contributed by atoms with Crippen LogP contribution >= 0.6 is 0 Å². The summed E-state index contributed by atoms with van der Waals surface area (Å²) in [7, 11) is 0. The first-order valence-corrected chi connectivity index (χ1v) is 5.08. The van der Waals surface area contributed by atoms with Gasteiger partial charge in [-0.2, -0.15) is 0 Å². The first-order valence-electron chi connectivity index (χ1n) is 5.08. The van der Waals surface area contributed by atoms with Crippen molar-refractivity contribution < 1.29 is 19.0 Å². The number of rotatable bonds is 0. The lowest BCUT2D eigenvalue weighted by Crippen LogP contribution is -2.23. The van der Waals surface area contributed by atoms with E-state index in [2.05, 4.69) is 5.48 Å². The van der Waals surface area contributed by atoms with E-state index in [9.17, 15) is 0 Å². The molecule has 1 rings (SSSR count). The summed E-state index contributed by atoms with van der Waals surface area (Å²) in [5.74, 6) is 0. The Labute approximate surface area is 84.6 Å². The number of hydrogen-bond donors (Lipinski definition) is 1. The van der Waals surface area contributed by atoms with Crippen molar-refractivity contribution in [3.8, 4) is 0 Å². The van der Waals surface area contributed by atoms with E-state index in [4.69, 9.17) is 19.0 Å². The van der Waals surface area contributed by atoms with Crippen LogP contribution in [0, 0.1) is 0 Å². The Bertz CT molecular complexity index is 70.1. The fraction of sp³-hybridized carbons (Fsp3) is 1.00. The molecule has 0 saturated carbocycles. The molecule has 1 aliphatic heterocycles. The molecule has 1 fully saturated rings. The van der Waals surface area contributed by atoms with Crippen molar-refractivity contribution in [2.45, 2.75) is 6.42 Å². The van der Waals surface area contributed by atoms with Gasteiger partial charge >= 0.3 is 0 Å². The van der Waals surface area contributed by atoms with Crippen LogP contribution in [0.1, 0.15) is 6.42 Å². The molecule has 0 amide bonds. The van der Waals surface area contributed by atoms with Gasteiger partial charge in [-0.25, -0.2) is 5.48 Å². The Morgan fingerprint density at radius 1 is 0.643 bits per heavy atom. The molecule has 0 atom stereocenters. The second kappa shape index (κ2) is 9.36. The Kier molecular flexibility index (Phi) is 7.94. The van der Waals surface area contributed by atoms with E-state index in [1.54, 1.807) is 0 Å². The third kappa shape index (κ3) is 7.23. The van der Waals surface area contributed by atoms with Crippen molar-refractivity contribution in [3.05, 3.63) is 0 Å². The minimum atomic E-state index is 0.570. The van der Waals surface area contributed by atoms with Crippen LogP contribution in [0.4, 0.5) is 0 Å². The van der Waals surface area contributed by atoms with Crippen LogP contribution in [0.15, 0.2) is 0 Å². The third-order valence-electron chi connectivity index (χ3n) is 1.73. The van der Waals surface area contributed by atoms with E-state index >= 15 is 0 Å². The molecule has 1 heterocycles. The molecule has 1 N–H and O–H groups in total. The third-order valence-corrected chi connectivity index (χ3v) is 1.73. The maximum absolute atomic E-state index is 5.32. The highest BCUT2D eigenvalue weighted by molar-refractivity contribution is 4.39. The Hall–Kier alpha value is -0.200. The highest BCUT2D eigenvalue weighted by atomic mass is 16.7. The van der Waals surface area contributed by atoms with Crippen molar-refractivity contribution in [1.82, 2.24) is 5.48 Å². The van der Waals surface area contributed by atoms with E-state index in [1.165, 1.54) is 0 Å². The summed E-state index contributed by atoms with van der Waals surface area (Å²) < 4.78 is 15.9. The summed E-state index contributed by atoms with van der Waals surface area (Å²) >= 11 is 0. The summed E-state index contributed by atoms with van der Waals surface area (Å²) in [6.07, 6.45) is 0.924. The lowest BCUT2D eigenvalue weighted by Gasteiger charge is -2.09. The number of hydroxylamine groups is 1. The van der Waals surface area contributed by atoms with Crippen molar-refractivity contribution in [2.24, 2.45) is 0 Å². The number of hydrogen-bond acceptors (Lipinski definition) is 5. The molecule has 14 heavy (non-hydrogen) atoms. The van der Waals surface area contributed by atoms with Gasteiger partial charge in [0, 0.05) is 19.8 Å². The van der Waals surface area contributed by atoms with Crippen LogP contribution in [0.5, 0.6) is 0 Å². The predicted octanol–water partition coefficient (Wildman–Crippen LogP) is -0.0389. The smallest absolute Gasteiger partial charge is 0.0916 e. The summed E-state index contributed by atoms with van der Waals surface area (Å²) in [5.41, 5.74) is 2.79. The van der Waals surface area contributed by atoms with Gasteiger partial charge in [0.2, 0.25) is 0 Å². The average Bonchev–Trinajstić information content (AvgIpc) is 2.22. The van der Waals surface area contributed by atoms with Crippen LogP contribution in [0.25, 0.3) is 0 Å². The van der Waals surface area contributed by atoms with Gasteiger partial charge in [-0.05, 0) is 6.42 Å². The first kappa shape index (κ1) is 11.9. The van der Waals surface area contributed by atoms with Crippen molar-refractivity contribution in [3.63, 3.8) is 0 Å². The van der Waals surface area contributed by atoms with Gasteiger partial charge in [-0.15, -0.1) is 0 Å². The maximum atomic E-state index is 5.32. The number of nitrogens with one attached hydrogen (secondary N) is 1. The van der Waals surface area contributed by atoms with E-state index < -0.39 is 0 Å². The molecule has 0 aromatic rings. The summed E-state index contributed by atoms with van der Waals surface area (Å²) in [6.45, 7) is 5.29. The topological polar surface area (TPSA) is 49.0 Å². The second-order valence-corrected chi connectivity index (χ2v) is 2.93. The maximum Gasteiger partial charge on any atom is 0.0916 e. The van der Waals surface area contributed by atoms with Crippen LogP contribution in [0.2, 0.25) is 0 Å². The monoisotopic (exact) mass is 205 g/mol. The molecule has 0 aromatic heterocycles. The highest BCUT2D eigenvalue weighted by Gasteiger charge is 1.94.